The first-order valence-corrected chi connectivity index (χ1v) is 6.94. The maximum Gasteiger partial charge on any atom is 0.124 e. The zero-order chi connectivity index (χ0) is 15.4. The highest BCUT2D eigenvalue weighted by Crippen LogP contribution is 2.14. The van der Waals surface area contributed by atoms with Crippen molar-refractivity contribution < 1.29 is 4.39 Å². The van der Waals surface area contributed by atoms with Gasteiger partial charge in [-0.05, 0) is 44.0 Å². The predicted octanol–water partition coefficient (Wildman–Crippen LogP) is 2.94. The molecule has 0 aliphatic rings. The van der Waals surface area contributed by atoms with E-state index in [1.165, 1.54) is 12.1 Å². The number of hydrogen-bond donors (Lipinski definition) is 1. The van der Waals surface area contributed by atoms with Crippen LogP contribution in [0.25, 0.3) is 0 Å². The largest absolute Gasteiger partial charge is 0.308 e. The van der Waals surface area contributed by atoms with Crippen molar-refractivity contribution in [1.82, 2.24) is 15.1 Å². The number of nitrogens with zero attached hydrogens (tertiary/aromatic N) is 3. The van der Waals surface area contributed by atoms with Crippen molar-refractivity contribution in [2.45, 2.75) is 39.4 Å². The Morgan fingerprint density at radius 2 is 2.19 bits per heavy atom. The van der Waals surface area contributed by atoms with Crippen LogP contribution in [-0.2, 0) is 6.54 Å². The maximum absolute atomic E-state index is 13.1. The highest BCUT2D eigenvalue weighted by Gasteiger charge is 2.15. The zero-order valence-corrected chi connectivity index (χ0v) is 12.5. The molecule has 1 aromatic heterocycles. The van der Waals surface area contributed by atoms with Crippen molar-refractivity contribution in [1.29, 1.82) is 5.26 Å². The molecule has 2 atom stereocenters. The molecule has 1 heterocycles. The normalized spacial score (nSPS) is 13.7. The van der Waals surface area contributed by atoms with Gasteiger partial charge in [-0.25, -0.2) is 4.39 Å². The number of halogens is 1. The van der Waals surface area contributed by atoms with Crippen molar-refractivity contribution in [2.24, 2.45) is 0 Å². The van der Waals surface area contributed by atoms with Gasteiger partial charge in [0.05, 0.1) is 23.9 Å². The van der Waals surface area contributed by atoms with E-state index in [0.717, 1.165) is 11.1 Å². The molecule has 0 spiro atoms. The Kier molecular flexibility index (Phi) is 4.71. The molecule has 0 saturated carbocycles. The van der Waals surface area contributed by atoms with Crippen LogP contribution in [0.4, 0.5) is 4.39 Å². The van der Waals surface area contributed by atoms with E-state index in [-0.39, 0.29) is 17.9 Å². The lowest BCUT2D eigenvalue weighted by Gasteiger charge is -2.22. The molecule has 0 amide bonds. The number of hydrogen-bond acceptors (Lipinski definition) is 3. The summed E-state index contributed by atoms with van der Waals surface area (Å²) in [6.07, 6.45) is 3.83. The highest BCUT2D eigenvalue weighted by molar-refractivity contribution is 5.37. The molecular formula is C16H19FN4. The Labute approximate surface area is 124 Å². The van der Waals surface area contributed by atoms with E-state index in [1.54, 1.807) is 6.07 Å². The van der Waals surface area contributed by atoms with Gasteiger partial charge in [0.1, 0.15) is 5.82 Å². The Bertz CT molecular complexity index is 657. The van der Waals surface area contributed by atoms with Crippen LogP contribution in [0.1, 0.15) is 36.6 Å². The van der Waals surface area contributed by atoms with Crippen LogP contribution >= 0.6 is 0 Å². The molecule has 1 N–H and O–H groups in total. The van der Waals surface area contributed by atoms with Crippen LogP contribution in [0.3, 0.4) is 0 Å². The van der Waals surface area contributed by atoms with Gasteiger partial charge in [0, 0.05) is 18.8 Å². The Morgan fingerprint density at radius 3 is 2.81 bits per heavy atom. The molecule has 21 heavy (non-hydrogen) atoms. The number of nitriles is 1. The molecule has 0 aliphatic carbocycles. The number of rotatable bonds is 5. The van der Waals surface area contributed by atoms with Crippen molar-refractivity contribution in [3.63, 3.8) is 0 Å². The Morgan fingerprint density at radius 1 is 1.43 bits per heavy atom. The Hall–Kier alpha value is -2.19. The lowest BCUT2D eigenvalue weighted by Crippen LogP contribution is -2.33. The summed E-state index contributed by atoms with van der Waals surface area (Å²) in [5.74, 6) is -0.385. The second kappa shape index (κ2) is 6.51. The van der Waals surface area contributed by atoms with Crippen LogP contribution in [0, 0.1) is 24.1 Å². The SMILES string of the molecule is Cc1cnn([C@@H](C)[C@@H](C)NCc2ccc(F)cc2C#N)c1. The minimum Gasteiger partial charge on any atom is -0.308 e. The summed E-state index contributed by atoms with van der Waals surface area (Å²) >= 11 is 0. The minimum atomic E-state index is -0.385. The molecule has 4 nitrogen and oxygen atoms in total. The van der Waals surface area contributed by atoms with Crippen molar-refractivity contribution in [2.75, 3.05) is 0 Å². The van der Waals surface area contributed by atoms with Gasteiger partial charge in [0.2, 0.25) is 0 Å². The fraction of sp³-hybridized carbons (Fsp3) is 0.375. The molecule has 0 fully saturated rings. The summed E-state index contributed by atoms with van der Waals surface area (Å²) in [4.78, 5) is 0. The summed E-state index contributed by atoms with van der Waals surface area (Å²) in [7, 11) is 0. The average molecular weight is 286 g/mol. The molecule has 0 radical (unpaired) electrons. The van der Waals surface area contributed by atoms with E-state index in [2.05, 4.69) is 24.3 Å². The predicted molar refractivity (Wildman–Crippen MR) is 79.1 cm³/mol. The molecule has 0 aliphatic heterocycles. The monoisotopic (exact) mass is 286 g/mol. The fourth-order valence-corrected chi connectivity index (χ4v) is 2.13. The first-order valence-electron chi connectivity index (χ1n) is 6.94. The van der Waals surface area contributed by atoms with Gasteiger partial charge in [0.15, 0.2) is 0 Å². The van der Waals surface area contributed by atoms with Gasteiger partial charge in [-0.15, -0.1) is 0 Å². The van der Waals surface area contributed by atoms with Gasteiger partial charge in [0.25, 0.3) is 0 Å². The summed E-state index contributed by atoms with van der Waals surface area (Å²) in [6, 6.07) is 6.67. The summed E-state index contributed by atoms with van der Waals surface area (Å²) < 4.78 is 15.0. The second-order valence-corrected chi connectivity index (χ2v) is 5.32. The fourth-order valence-electron chi connectivity index (χ4n) is 2.13. The summed E-state index contributed by atoms with van der Waals surface area (Å²) in [5, 5.41) is 16.7. The van der Waals surface area contributed by atoms with E-state index in [4.69, 9.17) is 5.26 Å². The number of aryl methyl sites for hydroxylation is 1. The van der Waals surface area contributed by atoms with Crippen molar-refractivity contribution in [3.8, 4) is 6.07 Å². The van der Waals surface area contributed by atoms with Crippen molar-refractivity contribution in [3.05, 3.63) is 53.1 Å². The average Bonchev–Trinajstić information content (AvgIpc) is 2.91. The molecule has 110 valence electrons. The first kappa shape index (κ1) is 15.2. The highest BCUT2D eigenvalue weighted by atomic mass is 19.1. The number of aromatic nitrogens is 2. The van der Waals surface area contributed by atoms with E-state index in [9.17, 15) is 4.39 Å². The van der Waals surface area contributed by atoms with Crippen LogP contribution in [-0.4, -0.2) is 15.8 Å². The summed E-state index contributed by atoms with van der Waals surface area (Å²) in [6.45, 7) is 6.68. The smallest absolute Gasteiger partial charge is 0.124 e. The first-order chi connectivity index (χ1) is 10.0. The molecule has 0 saturated heterocycles. The molecule has 0 unspecified atom stereocenters. The third kappa shape index (κ3) is 3.67. The van der Waals surface area contributed by atoms with E-state index in [1.807, 2.05) is 30.1 Å². The Balaban J connectivity index is 2.01. The van der Waals surface area contributed by atoms with E-state index >= 15 is 0 Å². The number of benzene rings is 1. The second-order valence-electron chi connectivity index (χ2n) is 5.32. The summed E-state index contributed by atoms with van der Waals surface area (Å²) in [5.41, 5.74) is 2.30. The minimum absolute atomic E-state index is 0.167. The molecule has 5 heteroatoms. The molecular weight excluding hydrogens is 267 g/mol. The quantitative estimate of drug-likeness (QED) is 0.919. The van der Waals surface area contributed by atoms with E-state index in [0.29, 0.717) is 12.1 Å². The van der Waals surface area contributed by atoms with E-state index < -0.39 is 0 Å². The third-order valence-electron chi connectivity index (χ3n) is 3.68. The van der Waals surface area contributed by atoms with Crippen LogP contribution in [0.15, 0.2) is 30.6 Å². The number of nitrogens with one attached hydrogen (secondary N) is 1. The van der Waals surface area contributed by atoms with Gasteiger partial charge in [-0.3, -0.25) is 4.68 Å². The van der Waals surface area contributed by atoms with Crippen LogP contribution < -0.4 is 5.32 Å². The lowest BCUT2D eigenvalue weighted by atomic mass is 10.1. The van der Waals surface area contributed by atoms with Gasteiger partial charge in [-0.1, -0.05) is 6.07 Å². The maximum atomic E-state index is 13.1. The van der Waals surface area contributed by atoms with Crippen molar-refractivity contribution >= 4 is 0 Å². The lowest BCUT2D eigenvalue weighted by molar-refractivity contribution is 0.365. The van der Waals surface area contributed by atoms with Crippen LogP contribution in [0.2, 0.25) is 0 Å². The molecule has 2 rings (SSSR count). The topological polar surface area (TPSA) is 53.6 Å². The zero-order valence-electron chi connectivity index (χ0n) is 12.5. The molecule has 2 aromatic rings. The van der Waals surface area contributed by atoms with Crippen LogP contribution in [0.5, 0.6) is 0 Å². The van der Waals surface area contributed by atoms with Gasteiger partial charge < -0.3 is 5.32 Å². The molecule has 1 aromatic carbocycles. The van der Waals surface area contributed by atoms with Gasteiger partial charge in [-0.2, -0.15) is 10.4 Å². The third-order valence-corrected chi connectivity index (χ3v) is 3.68. The standard InChI is InChI=1S/C16H19FN4/c1-11-8-20-21(10-11)13(3)12(2)19-9-14-4-5-16(17)6-15(14)7-18/h4-6,8,10,12-13,19H,9H2,1-3H3/t12-,13+/m1/s1. The molecule has 0 bridgehead atoms. The van der Waals surface area contributed by atoms with Gasteiger partial charge >= 0.3 is 0 Å².